The second-order valence-electron chi connectivity index (χ2n) is 8.49. The van der Waals surface area contributed by atoms with Crippen LogP contribution in [0.3, 0.4) is 0 Å². The third kappa shape index (κ3) is 3.27. The Kier molecular flexibility index (Phi) is 4.93. The monoisotopic (exact) mass is 472 g/mol. The second-order valence-corrected chi connectivity index (χ2v) is 8.49. The van der Waals surface area contributed by atoms with E-state index < -0.39 is 0 Å². The number of carbonyl (C=O) groups is 2. The lowest BCUT2D eigenvalue weighted by molar-refractivity contribution is -0.112. The van der Waals surface area contributed by atoms with E-state index in [4.69, 9.17) is 0 Å². The van der Waals surface area contributed by atoms with Gasteiger partial charge in [0.05, 0.1) is 22.5 Å². The molecule has 0 spiro atoms. The topological polar surface area (TPSA) is 81.1 Å². The van der Waals surface area contributed by atoms with E-state index in [1.165, 1.54) is 34.1 Å². The van der Waals surface area contributed by atoms with Gasteiger partial charge in [-0.2, -0.15) is 0 Å². The normalized spacial score (nSPS) is 15.2. The summed E-state index contributed by atoms with van der Waals surface area (Å²) in [6, 6.07) is 31.2. The fourth-order valence-corrected chi connectivity index (χ4v) is 4.73. The van der Waals surface area contributed by atoms with Gasteiger partial charge in [-0.3, -0.25) is 19.4 Å². The van der Waals surface area contributed by atoms with E-state index in [-0.39, 0.29) is 23.3 Å². The van der Waals surface area contributed by atoms with Crippen molar-refractivity contribution in [3.8, 4) is 11.5 Å². The van der Waals surface area contributed by atoms with Crippen LogP contribution in [0.15, 0.2) is 121 Å². The minimum Gasteiger partial charge on any atom is -0.508 e. The van der Waals surface area contributed by atoms with Gasteiger partial charge in [0.1, 0.15) is 11.5 Å². The van der Waals surface area contributed by atoms with Crippen molar-refractivity contribution < 1.29 is 19.8 Å². The lowest BCUT2D eigenvalue weighted by atomic mass is 10.0. The molecule has 0 radical (unpaired) electrons. The summed E-state index contributed by atoms with van der Waals surface area (Å²) in [6.45, 7) is 0. The van der Waals surface area contributed by atoms with Gasteiger partial charge in [-0.1, -0.05) is 60.7 Å². The van der Waals surface area contributed by atoms with Gasteiger partial charge in [0.25, 0.3) is 11.8 Å². The summed E-state index contributed by atoms with van der Waals surface area (Å²) in [5.41, 5.74) is 4.18. The average Bonchev–Trinajstić information content (AvgIpc) is 3.35. The van der Waals surface area contributed by atoms with Crippen molar-refractivity contribution >= 4 is 34.3 Å². The molecule has 2 N–H and O–H groups in total. The van der Waals surface area contributed by atoms with Gasteiger partial charge >= 0.3 is 0 Å². The van der Waals surface area contributed by atoms with Crippen LogP contribution >= 0.6 is 0 Å². The SMILES string of the molecule is O=C1C(c2ccccc2)=C2C(=C(c3ccccc3)C(=O)N2c2ccc(O)cc2)N1c1ccc(O)cc1. The summed E-state index contributed by atoms with van der Waals surface area (Å²) in [5, 5.41) is 19.7. The molecule has 36 heavy (non-hydrogen) atoms. The molecule has 2 aliphatic heterocycles. The fourth-order valence-electron chi connectivity index (χ4n) is 4.73. The zero-order valence-electron chi connectivity index (χ0n) is 19.0. The van der Waals surface area contributed by atoms with Crippen LogP contribution in [0, 0.1) is 0 Å². The highest BCUT2D eigenvalue weighted by atomic mass is 16.3. The Balaban J connectivity index is 1.68. The van der Waals surface area contributed by atoms with Gasteiger partial charge in [-0.05, 0) is 59.7 Å². The van der Waals surface area contributed by atoms with Crippen molar-refractivity contribution in [1.29, 1.82) is 0 Å². The highest BCUT2D eigenvalue weighted by Gasteiger charge is 2.49. The molecule has 6 heteroatoms. The second kappa shape index (κ2) is 8.29. The molecule has 2 amide bonds. The Morgan fingerprint density at radius 3 is 1.11 bits per heavy atom. The first-order valence-corrected chi connectivity index (χ1v) is 11.4. The highest BCUT2D eigenvalue weighted by molar-refractivity contribution is 6.43. The number of fused-ring (bicyclic) bond motifs is 1. The Morgan fingerprint density at radius 2 is 0.778 bits per heavy atom. The first kappa shape index (κ1) is 21.4. The fraction of sp³-hybridized carbons (Fsp3) is 0. The molecule has 174 valence electrons. The number of rotatable bonds is 4. The van der Waals surface area contributed by atoms with E-state index in [1.54, 1.807) is 24.3 Å². The molecule has 0 aromatic heterocycles. The molecule has 6 nitrogen and oxygen atoms in total. The molecule has 0 saturated carbocycles. The van der Waals surface area contributed by atoms with E-state index >= 15 is 0 Å². The Morgan fingerprint density at radius 1 is 0.444 bits per heavy atom. The Hall–Kier alpha value is -5.10. The molecule has 4 aromatic carbocycles. The molecule has 0 atom stereocenters. The predicted molar refractivity (Wildman–Crippen MR) is 138 cm³/mol. The lowest BCUT2D eigenvalue weighted by Gasteiger charge is -2.20. The maximum Gasteiger partial charge on any atom is 0.265 e. The number of hydrogen-bond acceptors (Lipinski definition) is 4. The van der Waals surface area contributed by atoms with Crippen molar-refractivity contribution in [3.05, 3.63) is 132 Å². The molecule has 2 aliphatic rings. The van der Waals surface area contributed by atoms with E-state index in [9.17, 15) is 19.8 Å². The van der Waals surface area contributed by atoms with Crippen molar-refractivity contribution in [2.75, 3.05) is 9.80 Å². The van der Waals surface area contributed by atoms with Crippen molar-refractivity contribution in [1.82, 2.24) is 0 Å². The summed E-state index contributed by atoms with van der Waals surface area (Å²) in [5.74, 6) is -0.400. The summed E-state index contributed by atoms with van der Waals surface area (Å²) in [7, 11) is 0. The Labute approximate surface area is 207 Å². The van der Waals surface area contributed by atoms with E-state index in [0.717, 1.165) is 0 Å². The molecular formula is C30H20N2O4. The van der Waals surface area contributed by atoms with Gasteiger partial charge in [0.2, 0.25) is 0 Å². The highest BCUT2D eigenvalue weighted by Crippen LogP contribution is 2.50. The largest absolute Gasteiger partial charge is 0.508 e. The number of phenols is 2. The standard InChI is InChI=1S/C30H20N2O4/c33-23-15-11-21(12-16-23)31-27-25(19-7-3-1-4-8-19)29(35)32(22-13-17-24(34)18-14-22)28(27)26(30(31)36)20-9-5-2-6-10-20/h1-18,33-34H. The van der Waals surface area contributed by atoms with E-state index in [0.29, 0.717) is 45.0 Å². The quantitative estimate of drug-likeness (QED) is 0.422. The first-order chi connectivity index (χ1) is 17.5. The third-order valence-corrected chi connectivity index (χ3v) is 6.32. The van der Waals surface area contributed by atoms with Crippen LogP contribution in [0.5, 0.6) is 11.5 Å². The van der Waals surface area contributed by atoms with Gasteiger partial charge < -0.3 is 10.2 Å². The molecule has 0 unspecified atom stereocenters. The van der Waals surface area contributed by atoms with Crippen LogP contribution in [0.25, 0.3) is 11.1 Å². The minimum absolute atomic E-state index is 0.0762. The zero-order chi connectivity index (χ0) is 24.8. The van der Waals surface area contributed by atoms with Gasteiger partial charge in [0, 0.05) is 11.4 Å². The smallest absolute Gasteiger partial charge is 0.265 e. The molecule has 0 saturated heterocycles. The molecule has 6 rings (SSSR count). The van der Waals surface area contributed by atoms with Crippen LogP contribution in [-0.2, 0) is 9.59 Å². The minimum atomic E-state index is -0.276. The van der Waals surface area contributed by atoms with E-state index in [1.807, 2.05) is 60.7 Å². The number of phenolic OH excluding ortho intramolecular Hbond substituents is 2. The van der Waals surface area contributed by atoms with Crippen molar-refractivity contribution in [2.45, 2.75) is 0 Å². The number of nitrogens with zero attached hydrogens (tertiary/aromatic N) is 2. The first-order valence-electron chi connectivity index (χ1n) is 11.4. The molecule has 0 fully saturated rings. The van der Waals surface area contributed by atoms with Gasteiger partial charge in [0.15, 0.2) is 0 Å². The molecule has 2 heterocycles. The number of carbonyl (C=O) groups excluding carboxylic acids is 2. The van der Waals surface area contributed by atoms with Gasteiger partial charge in [-0.25, -0.2) is 0 Å². The molecular weight excluding hydrogens is 452 g/mol. The zero-order valence-corrected chi connectivity index (χ0v) is 19.0. The van der Waals surface area contributed by atoms with Crippen molar-refractivity contribution in [3.63, 3.8) is 0 Å². The maximum absolute atomic E-state index is 14.1. The summed E-state index contributed by atoms with van der Waals surface area (Å²) in [4.78, 5) is 31.3. The van der Waals surface area contributed by atoms with Crippen LogP contribution in [0.4, 0.5) is 11.4 Å². The number of benzene rings is 4. The van der Waals surface area contributed by atoms with Crippen molar-refractivity contribution in [2.24, 2.45) is 0 Å². The van der Waals surface area contributed by atoms with Gasteiger partial charge in [-0.15, -0.1) is 0 Å². The molecule has 0 aliphatic carbocycles. The molecule has 0 bridgehead atoms. The van der Waals surface area contributed by atoms with Crippen LogP contribution < -0.4 is 9.80 Å². The van der Waals surface area contributed by atoms with Crippen LogP contribution in [0.1, 0.15) is 11.1 Å². The lowest BCUT2D eigenvalue weighted by Crippen LogP contribution is -2.27. The van der Waals surface area contributed by atoms with Crippen LogP contribution in [-0.4, -0.2) is 22.0 Å². The summed E-state index contributed by atoms with van der Waals surface area (Å²) in [6.07, 6.45) is 0. The summed E-state index contributed by atoms with van der Waals surface area (Å²) >= 11 is 0. The van der Waals surface area contributed by atoms with E-state index in [2.05, 4.69) is 0 Å². The number of amides is 2. The number of aromatic hydroxyl groups is 2. The predicted octanol–water partition coefficient (Wildman–Crippen LogP) is 5.31. The Bertz CT molecular complexity index is 1430. The third-order valence-electron chi connectivity index (χ3n) is 6.32. The van der Waals surface area contributed by atoms with Crippen LogP contribution in [0.2, 0.25) is 0 Å². The number of anilines is 2. The summed E-state index contributed by atoms with van der Waals surface area (Å²) < 4.78 is 0. The number of hydrogen-bond donors (Lipinski definition) is 2. The molecule has 4 aromatic rings. The maximum atomic E-state index is 14.1. The average molecular weight is 473 g/mol.